The van der Waals surface area contributed by atoms with E-state index in [9.17, 15) is 4.79 Å². The predicted molar refractivity (Wildman–Crippen MR) is 77.7 cm³/mol. The second-order valence-corrected chi connectivity index (χ2v) is 5.85. The van der Waals surface area contributed by atoms with E-state index in [1.165, 1.54) is 19.3 Å². The molecule has 1 unspecified atom stereocenters. The quantitative estimate of drug-likeness (QED) is 0.857. The highest BCUT2D eigenvalue weighted by Gasteiger charge is 2.19. The second kappa shape index (κ2) is 6.83. The number of aromatic amines is 1. The van der Waals surface area contributed by atoms with Crippen molar-refractivity contribution in [1.82, 2.24) is 25.4 Å². The minimum atomic E-state index is -0.197. The molecule has 1 aliphatic heterocycles. The smallest absolute Gasteiger partial charge is 0.291 e. The lowest BCUT2D eigenvalue weighted by atomic mass is 10.1. The molecule has 1 atom stereocenters. The van der Waals surface area contributed by atoms with Crippen molar-refractivity contribution in [3.63, 3.8) is 0 Å². The van der Waals surface area contributed by atoms with Crippen molar-refractivity contribution in [1.29, 1.82) is 0 Å². The molecule has 1 aromatic rings. The third kappa shape index (κ3) is 3.79. The van der Waals surface area contributed by atoms with E-state index in [0.717, 1.165) is 18.9 Å². The molecule has 0 spiro atoms. The summed E-state index contributed by atoms with van der Waals surface area (Å²) in [4.78, 5) is 18.6. The van der Waals surface area contributed by atoms with Crippen LogP contribution in [-0.2, 0) is 0 Å². The van der Waals surface area contributed by atoms with Crippen LogP contribution in [0.4, 0.5) is 0 Å². The molecule has 0 saturated carbocycles. The van der Waals surface area contributed by atoms with Crippen LogP contribution in [0.3, 0.4) is 0 Å². The van der Waals surface area contributed by atoms with E-state index >= 15 is 0 Å². The molecule has 2 heterocycles. The van der Waals surface area contributed by atoms with Crippen LogP contribution < -0.4 is 5.32 Å². The number of carbonyl (C=O) groups is 1. The van der Waals surface area contributed by atoms with Gasteiger partial charge in [-0.25, -0.2) is 4.98 Å². The van der Waals surface area contributed by atoms with E-state index in [0.29, 0.717) is 12.6 Å². The van der Waals surface area contributed by atoms with Crippen LogP contribution in [0.5, 0.6) is 0 Å². The molecule has 1 saturated heterocycles. The van der Waals surface area contributed by atoms with Crippen LogP contribution in [-0.4, -0.2) is 51.7 Å². The lowest BCUT2D eigenvalue weighted by Gasteiger charge is -2.32. The first-order chi connectivity index (χ1) is 9.58. The summed E-state index contributed by atoms with van der Waals surface area (Å²) in [6.07, 6.45) is 3.85. The van der Waals surface area contributed by atoms with Crippen molar-refractivity contribution in [3.8, 4) is 0 Å². The zero-order valence-corrected chi connectivity index (χ0v) is 12.6. The number of hydrogen-bond acceptors (Lipinski definition) is 4. The number of aromatic nitrogens is 3. The Kier molecular flexibility index (Phi) is 5.11. The van der Waals surface area contributed by atoms with Crippen molar-refractivity contribution >= 4 is 5.91 Å². The van der Waals surface area contributed by atoms with Crippen LogP contribution in [0.25, 0.3) is 0 Å². The molecule has 112 valence electrons. The molecule has 2 N–H and O–H groups in total. The minimum absolute atomic E-state index is 0.197. The summed E-state index contributed by atoms with van der Waals surface area (Å²) in [5.41, 5.74) is 0. The summed E-state index contributed by atoms with van der Waals surface area (Å²) in [7, 11) is 0. The third-order valence-electron chi connectivity index (χ3n) is 3.82. The Labute approximate surface area is 120 Å². The van der Waals surface area contributed by atoms with Crippen LogP contribution in [0.2, 0.25) is 0 Å². The minimum Gasteiger partial charge on any atom is -0.348 e. The molecule has 0 aliphatic carbocycles. The van der Waals surface area contributed by atoms with E-state index in [-0.39, 0.29) is 17.6 Å². The Hall–Kier alpha value is -1.43. The third-order valence-corrected chi connectivity index (χ3v) is 3.82. The summed E-state index contributed by atoms with van der Waals surface area (Å²) in [6.45, 7) is 9.10. The van der Waals surface area contributed by atoms with E-state index in [1.807, 2.05) is 13.8 Å². The van der Waals surface area contributed by atoms with Gasteiger partial charge in [0.1, 0.15) is 5.82 Å². The monoisotopic (exact) mass is 279 g/mol. The van der Waals surface area contributed by atoms with Gasteiger partial charge < -0.3 is 5.32 Å². The highest BCUT2D eigenvalue weighted by molar-refractivity contribution is 5.90. The number of rotatable bonds is 5. The molecular weight excluding hydrogens is 254 g/mol. The average molecular weight is 279 g/mol. The number of nitrogens with one attached hydrogen (secondary N) is 2. The Bertz CT molecular complexity index is 437. The molecule has 20 heavy (non-hydrogen) atoms. The van der Waals surface area contributed by atoms with E-state index in [2.05, 4.69) is 32.3 Å². The molecule has 0 radical (unpaired) electrons. The fourth-order valence-corrected chi connectivity index (χ4v) is 2.44. The first kappa shape index (κ1) is 15.0. The summed E-state index contributed by atoms with van der Waals surface area (Å²) in [6, 6.07) is 0.364. The van der Waals surface area contributed by atoms with Gasteiger partial charge >= 0.3 is 0 Å². The zero-order chi connectivity index (χ0) is 14.5. The number of nitrogens with zero attached hydrogens (tertiary/aromatic N) is 3. The molecule has 1 aliphatic rings. The number of piperidine rings is 1. The molecule has 0 bridgehead atoms. The van der Waals surface area contributed by atoms with Gasteiger partial charge in [-0.3, -0.25) is 14.8 Å². The highest BCUT2D eigenvalue weighted by atomic mass is 16.2. The summed E-state index contributed by atoms with van der Waals surface area (Å²) >= 11 is 0. The van der Waals surface area contributed by atoms with Crippen LogP contribution in [0.15, 0.2) is 0 Å². The number of likely N-dealkylation sites (tertiary alicyclic amines) is 1. The first-order valence-corrected chi connectivity index (χ1v) is 7.52. The summed E-state index contributed by atoms with van der Waals surface area (Å²) in [5, 5.41) is 9.69. The summed E-state index contributed by atoms with van der Waals surface area (Å²) in [5.74, 6) is 1.03. The number of amides is 1. The number of hydrogen-bond donors (Lipinski definition) is 2. The van der Waals surface area contributed by atoms with Crippen molar-refractivity contribution < 1.29 is 4.79 Å². The molecule has 2 rings (SSSR count). The van der Waals surface area contributed by atoms with Crippen molar-refractivity contribution in [2.24, 2.45) is 0 Å². The lowest BCUT2D eigenvalue weighted by Crippen LogP contribution is -2.44. The standard InChI is InChI=1S/C14H25N5O/c1-10(2)12-16-13(18-17-12)14(20)15-9-11(3)19-7-5-4-6-8-19/h10-11H,4-9H2,1-3H3,(H,15,20)(H,16,17,18). The maximum Gasteiger partial charge on any atom is 0.291 e. The van der Waals surface area contributed by atoms with Crippen molar-refractivity contribution in [2.45, 2.75) is 52.0 Å². The van der Waals surface area contributed by atoms with Crippen LogP contribution in [0, 0.1) is 0 Å². The largest absolute Gasteiger partial charge is 0.348 e. The SMILES string of the molecule is CC(C)c1nc(C(=O)NCC(C)N2CCCCC2)n[nH]1. The van der Waals surface area contributed by atoms with Crippen LogP contribution in [0.1, 0.15) is 62.4 Å². The fourth-order valence-electron chi connectivity index (χ4n) is 2.44. The second-order valence-electron chi connectivity index (χ2n) is 5.85. The predicted octanol–water partition coefficient (Wildman–Crippen LogP) is 1.53. The Morgan fingerprint density at radius 3 is 2.60 bits per heavy atom. The maximum absolute atomic E-state index is 12.0. The highest BCUT2D eigenvalue weighted by Crippen LogP contribution is 2.11. The Morgan fingerprint density at radius 1 is 1.30 bits per heavy atom. The molecule has 1 aromatic heterocycles. The van der Waals surface area contributed by atoms with Gasteiger partial charge in [0.15, 0.2) is 0 Å². The van der Waals surface area contributed by atoms with Gasteiger partial charge in [0.2, 0.25) is 5.82 Å². The fraction of sp³-hybridized carbons (Fsp3) is 0.786. The normalized spacial score (nSPS) is 18.2. The maximum atomic E-state index is 12.0. The zero-order valence-electron chi connectivity index (χ0n) is 12.6. The molecule has 6 heteroatoms. The Morgan fingerprint density at radius 2 is 2.00 bits per heavy atom. The van der Waals surface area contributed by atoms with Gasteiger partial charge in [0.25, 0.3) is 5.91 Å². The molecule has 1 fully saturated rings. The van der Waals surface area contributed by atoms with Gasteiger partial charge in [-0.15, -0.1) is 5.10 Å². The van der Waals surface area contributed by atoms with Gasteiger partial charge in [-0.1, -0.05) is 20.3 Å². The van der Waals surface area contributed by atoms with Crippen molar-refractivity contribution in [2.75, 3.05) is 19.6 Å². The molecule has 6 nitrogen and oxygen atoms in total. The number of H-pyrrole nitrogens is 1. The lowest BCUT2D eigenvalue weighted by molar-refractivity contribution is 0.0920. The first-order valence-electron chi connectivity index (χ1n) is 7.52. The molecule has 0 aromatic carbocycles. The molecular formula is C14H25N5O. The summed E-state index contributed by atoms with van der Waals surface area (Å²) < 4.78 is 0. The van der Waals surface area contributed by atoms with Crippen LogP contribution >= 0.6 is 0 Å². The Balaban J connectivity index is 1.81. The van der Waals surface area contributed by atoms with E-state index < -0.39 is 0 Å². The van der Waals surface area contributed by atoms with Gasteiger partial charge in [0.05, 0.1) is 0 Å². The van der Waals surface area contributed by atoms with Gasteiger partial charge in [-0.2, -0.15) is 0 Å². The van der Waals surface area contributed by atoms with E-state index in [1.54, 1.807) is 0 Å². The number of carbonyl (C=O) groups excluding carboxylic acids is 1. The van der Waals surface area contributed by atoms with Crippen molar-refractivity contribution in [3.05, 3.63) is 11.6 Å². The molecule has 1 amide bonds. The topological polar surface area (TPSA) is 73.9 Å². The van der Waals surface area contributed by atoms with Gasteiger partial charge in [-0.05, 0) is 32.9 Å². The van der Waals surface area contributed by atoms with Gasteiger partial charge in [0, 0.05) is 18.5 Å². The average Bonchev–Trinajstić information content (AvgIpc) is 2.95. The van der Waals surface area contributed by atoms with E-state index in [4.69, 9.17) is 0 Å².